The van der Waals surface area contributed by atoms with Crippen molar-refractivity contribution in [2.75, 3.05) is 0 Å². The molecule has 0 aromatic carbocycles. The van der Waals surface area contributed by atoms with E-state index in [9.17, 15) is 14.7 Å². The molecule has 4 heteroatoms. The van der Waals surface area contributed by atoms with Crippen LogP contribution in [0.4, 0.5) is 0 Å². The van der Waals surface area contributed by atoms with E-state index in [4.69, 9.17) is 0 Å². The van der Waals surface area contributed by atoms with Crippen molar-refractivity contribution in [1.29, 1.82) is 0 Å². The summed E-state index contributed by atoms with van der Waals surface area (Å²) in [6, 6.07) is -0.212. The number of hydrogen-bond donors (Lipinski definition) is 1. The molecule has 2 amide bonds. The first-order chi connectivity index (χ1) is 7.23. The Morgan fingerprint density at radius 2 is 1.69 bits per heavy atom. The average molecular weight is 227 g/mol. The first-order valence-electron chi connectivity index (χ1n) is 5.76. The lowest BCUT2D eigenvalue weighted by Gasteiger charge is -2.38. The number of carbonyl (C=O) groups is 2. The number of carbonyl (C=O) groups excluding carboxylic acids is 2. The van der Waals surface area contributed by atoms with Gasteiger partial charge in [0.1, 0.15) is 0 Å². The van der Waals surface area contributed by atoms with Gasteiger partial charge in [-0.15, -0.1) is 0 Å². The summed E-state index contributed by atoms with van der Waals surface area (Å²) in [6.07, 6.45) is 0.759. The Hall–Kier alpha value is -0.900. The largest absolute Gasteiger partial charge is 0.393 e. The van der Waals surface area contributed by atoms with Crippen LogP contribution in [-0.2, 0) is 9.59 Å². The maximum Gasteiger partial charge on any atom is 0.229 e. The fourth-order valence-corrected chi connectivity index (χ4v) is 2.28. The maximum absolute atomic E-state index is 11.9. The van der Waals surface area contributed by atoms with Crippen LogP contribution in [-0.4, -0.2) is 34.0 Å². The van der Waals surface area contributed by atoms with E-state index in [1.54, 1.807) is 13.8 Å². The van der Waals surface area contributed by atoms with Gasteiger partial charge in [0.05, 0.1) is 6.10 Å². The van der Waals surface area contributed by atoms with Crippen molar-refractivity contribution in [3.63, 3.8) is 0 Å². The summed E-state index contributed by atoms with van der Waals surface area (Å²) in [5.41, 5.74) is -0.227. The molecule has 0 bridgehead atoms. The summed E-state index contributed by atoms with van der Waals surface area (Å²) in [7, 11) is 0. The Morgan fingerprint density at radius 3 is 2.06 bits per heavy atom. The first-order valence-corrected chi connectivity index (χ1v) is 5.76. The zero-order chi connectivity index (χ0) is 12.5. The van der Waals surface area contributed by atoms with Gasteiger partial charge in [0.2, 0.25) is 11.8 Å². The van der Waals surface area contributed by atoms with Crippen molar-refractivity contribution in [2.24, 2.45) is 5.41 Å². The Balaban J connectivity index is 2.74. The van der Waals surface area contributed by atoms with Gasteiger partial charge in [0, 0.05) is 18.9 Å². The highest BCUT2D eigenvalue weighted by atomic mass is 16.3. The minimum Gasteiger partial charge on any atom is -0.393 e. The van der Waals surface area contributed by atoms with Gasteiger partial charge in [0.25, 0.3) is 0 Å². The SMILES string of the molecule is CC(O)CC(C)N1C(=O)CC(C)(C)CC1=O. The molecule has 2 unspecified atom stereocenters. The second-order valence-electron chi connectivity index (χ2n) is 5.61. The van der Waals surface area contributed by atoms with Crippen molar-refractivity contribution in [1.82, 2.24) is 4.90 Å². The molecule has 4 nitrogen and oxygen atoms in total. The topological polar surface area (TPSA) is 57.6 Å². The normalized spacial score (nSPS) is 24.4. The minimum absolute atomic E-state index is 0.116. The smallest absolute Gasteiger partial charge is 0.229 e. The number of hydrogen-bond acceptors (Lipinski definition) is 3. The van der Waals surface area contributed by atoms with Crippen molar-refractivity contribution in [2.45, 2.75) is 59.1 Å². The van der Waals surface area contributed by atoms with Gasteiger partial charge in [0.15, 0.2) is 0 Å². The number of piperidine rings is 1. The average Bonchev–Trinajstić information content (AvgIpc) is 1.96. The van der Waals surface area contributed by atoms with Gasteiger partial charge in [-0.05, 0) is 25.7 Å². The highest BCUT2D eigenvalue weighted by Crippen LogP contribution is 2.32. The number of aliphatic hydroxyl groups is 1. The maximum atomic E-state index is 11.9. The van der Waals surface area contributed by atoms with Crippen molar-refractivity contribution < 1.29 is 14.7 Å². The second-order valence-corrected chi connectivity index (χ2v) is 5.61. The van der Waals surface area contributed by atoms with E-state index >= 15 is 0 Å². The third-order valence-electron chi connectivity index (χ3n) is 2.92. The monoisotopic (exact) mass is 227 g/mol. The Morgan fingerprint density at radius 1 is 1.25 bits per heavy atom. The third-order valence-corrected chi connectivity index (χ3v) is 2.92. The van der Waals surface area contributed by atoms with E-state index in [1.165, 1.54) is 4.90 Å². The minimum atomic E-state index is -0.495. The highest BCUT2D eigenvalue weighted by Gasteiger charge is 2.39. The molecule has 0 radical (unpaired) electrons. The molecular formula is C12H21NO3. The molecule has 1 heterocycles. The Bertz CT molecular complexity index is 277. The summed E-state index contributed by atoms with van der Waals surface area (Å²) in [5.74, 6) is -0.233. The van der Waals surface area contributed by atoms with Gasteiger partial charge >= 0.3 is 0 Å². The fourth-order valence-electron chi connectivity index (χ4n) is 2.28. The van der Waals surface area contributed by atoms with Crippen LogP contribution in [0.5, 0.6) is 0 Å². The summed E-state index contributed by atoms with van der Waals surface area (Å²) >= 11 is 0. The zero-order valence-electron chi connectivity index (χ0n) is 10.5. The number of imide groups is 1. The molecular weight excluding hydrogens is 206 g/mol. The van der Waals surface area contributed by atoms with E-state index in [2.05, 4.69) is 0 Å². The van der Waals surface area contributed by atoms with Crippen LogP contribution in [0.1, 0.15) is 47.0 Å². The highest BCUT2D eigenvalue weighted by molar-refractivity contribution is 5.98. The molecule has 1 aliphatic rings. The van der Waals surface area contributed by atoms with Gasteiger partial charge in [-0.3, -0.25) is 14.5 Å². The molecule has 0 saturated carbocycles. The molecule has 0 aliphatic carbocycles. The van der Waals surface area contributed by atoms with E-state index in [-0.39, 0.29) is 23.3 Å². The number of aliphatic hydroxyl groups excluding tert-OH is 1. The van der Waals surface area contributed by atoms with Crippen LogP contribution in [0.2, 0.25) is 0 Å². The lowest BCUT2D eigenvalue weighted by Crippen LogP contribution is -2.50. The summed E-state index contributed by atoms with van der Waals surface area (Å²) in [6.45, 7) is 7.33. The molecule has 0 aromatic heterocycles. The van der Waals surface area contributed by atoms with Crippen LogP contribution < -0.4 is 0 Å². The predicted molar refractivity (Wildman–Crippen MR) is 60.6 cm³/mol. The van der Waals surface area contributed by atoms with Gasteiger partial charge in [-0.25, -0.2) is 0 Å². The zero-order valence-corrected chi connectivity index (χ0v) is 10.5. The van der Waals surface area contributed by atoms with E-state index < -0.39 is 6.10 Å². The lowest BCUT2D eigenvalue weighted by molar-refractivity contribution is -0.155. The Kier molecular flexibility index (Phi) is 3.73. The van der Waals surface area contributed by atoms with Crippen LogP contribution >= 0.6 is 0 Å². The number of rotatable bonds is 3. The van der Waals surface area contributed by atoms with E-state index in [0.29, 0.717) is 19.3 Å². The van der Waals surface area contributed by atoms with Crippen LogP contribution in [0.3, 0.4) is 0 Å². The van der Waals surface area contributed by atoms with Gasteiger partial charge in [-0.2, -0.15) is 0 Å². The van der Waals surface area contributed by atoms with E-state index in [0.717, 1.165) is 0 Å². The summed E-state index contributed by atoms with van der Waals surface area (Å²) in [4.78, 5) is 25.1. The summed E-state index contributed by atoms with van der Waals surface area (Å²) in [5, 5.41) is 9.28. The fraction of sp³-hybridized carbons (Fsp3) is 0.833. The van der Waals surface area contributed by atoms with Crippen LogP contribution in [0.15, 0.2) is 0 Å². The van der Waals surface area contributed by atoms with Gasteiger partial charge < -0.3 is 5.11 Å². The number of likely N-dealkylation sites (tertiary alicyclic amines) is 1. The second kappa shape index (κ2) is 4.53. The molecule has 1 rings (SSSR count). The number of amides is 2. The first kappa shape index (κ1) is 13.2. The quantitative estimate of drug-likeness (QED) is 0.740. The molecule has 1 aliphatic heterocycles. The molecule has 0 spiro atoms. The van der Waals surface area contributed by atoms with Crippen molar-refractivity contribution >= 4 is 11.8 Å². The molecule has 0 aromatic rings. The molecule has 92 valence electrons. The molecule has 16 heavy (non-hydrogen) atoms. The van der Waals surface area contributed by atoms with Gasteiger partial charge in [-0.1, -0.05) is 13.8 Å². The summed E-state index contributed by atoms with van der Waals surface area (Å²) < 4.78 is 0. The van der Waals surface area contributed by atoms with Crippen LogP contribution in [0.25, 0.3) is 0 Å². The Labute approximate surface area is 96.6 Å². The van der Waals surface area contributed by atoms with Crippen molar-refractivity contribution in [3.8, 4) is 0 Å². The van der Waals surface area contributed by atoms with E-state index in [1.807, 2.05) is 13.8 Å². The van der Waals surface area contributed by atoms with Crippen LogP contribution in [0, 0.1) is 5.41 Å². The number of nitrogens with zero attached hydrogens (tertiary/aromatic N) is 1. The predicted octanol–water partition coefficient (Wildman–Crippen LogP) is 1.32. The molecule has 1 N–H and O–H groups in total. The van der Waals surface area contributed by atoms with Crippen molar-refractivity contribution in [3.05, 3.63) is 0 Å². The molecule has 1 fully saturated rings. The molecule has 1 saturated heterocycles. The lowest BCUT2D eigenvalue weighted by atomic mass is 9.81. The standard InChI is InChI=1S/C12H21NO3/c1-8(5-9(2)14)13-10(15)6-12(3,4)7-11(13)16/h8-9,14H,5-7H2,1-4H3. The third kappa shape index (κ3) is 3.04. The molecule has 2 atom stereocenters.